The van der Waals surface area contributed by atoms with Gasteiger partial charge in [0.15, 0.2) is 0 Å². The molecule has 2 aromatic heterocycles. The van der Waals surface area contributed by atoms with Crippen LogP contribution in [-0.2, 0) is 17.8 Å². The van der Waals surface area contributed by atoms with Crippen molar-refractivity contribution >= 4 is 23.2 Å². The molecule has 0 amide bonds. The molecule has 0 fully saturated rings. The Kier molecular flexibility index (Phi) is 6.09. The van der Waals surface area contributed by atoms with Gasteiger partial charge in [-0.05, 0) is 33.0 Å². The Hall–Kier alpha value is -2.88. The monoisotopic (exact) mass is 430 g/mol. The molecule has 9 nitrogen and oxygen atoms in total. The largest absolute Gasteiger partial charge is 0.362 e. The lowest BCUT2D eigenvalue weighted by Crippen LogP contribution is -2.21. The molecule has 2 heterocycles. The third-order valence-electron chi connectivity index (χ3n) is 4.32. The molecule has 148 valence electrons. The van der Waals surface area contributed by atoms with Crippen molar-refractivity contribution in [3.63, 3.8) is 0 Å². The first kappa shape index (κ1) is 19.4. The highest BCUT2D eigenvalue weighted by Crippen LogP contribution is 2.35. The van der Waals surface area contributed by atoms with Crippen LogP contribution in [0.25, 0.3) is 0 Å². The van der Waals surface area contributed by atoms with Crippen molar-refractivity contribution in [2.45, 2.75) is 25.3 Å². The normalized spacial score (nSPS) is 13.3. The second-order valence-corrected chi connectivity index (χ2v) is 7.03. The van der Waals surface area contributed by atoms with Crippen LogP contribution in [0.5, 0.6) is 0 Å². The Morgan fingerprint density at radius 1 is 0.724 bits per heavy atom. The fourth-order valence-corrected chi connectivity index (χ4v) is 3.48. The molecule has 0 spiro atoms. The summed E-state index contributed by atoms with van der Waals surface area (Å²) in [5.74, 6) is 0. The molecular formula is C18H16Cl2N8O. The van der Waals surface area contributed by atoms with Crippen LogP contribution in [-0.4, -0.2) is 40.4 Å². The van der Waals surface area contributed by atoms with Gasteiger partial charge in [0, 0.05) is 21.2 Å². The summed E-state index contributed by atoms with van der Waals surface area (Å²) in [5, 5.41) is 23.9. The number of benzene rings is 2. The van der Waals surface area contributed by atoms with Crippen LogP contribution in [0.4, 0.5) is 0 Å². The first-order chi connectivity index (χ1) is 14.2. The summed E-state index contributed by atoms with van der Waals surface area (Å²) in [6.07, 6.45) is 2.17. The fourth-order valence-electron chi connectivity index (χ4n) is 2.97. The van der Waals surface area contributed by atoms with Crippen molar-refractivity contribution in [2.75, 3.05) is 0 Å². The minimum Gasteiger partial charge on any atom is -0.362 e. The molecule has 0 unspecified atom stereocenters. The van der Waals surface area contributed by atoms with Crippen LogP contribution in [0.2, 0.25) is 10.0 Å². The highest BCUT2D eigenvalue weighted by atomic mass is 35.5. The minimum absolute atomic E-state index is 0.368. The molecular weight excluding hydrogens is 415 g/mol. The van der Waals surface area contributed by atoms with Gasteiger partial charge in [-0.3, -0.25) is 0 Å². The van der Waals surface area contributed by atoms with Crippen molar-refractivity contribution in [2.24, 2.45) is 0 Å². The van der Waals surface area contributed by atoms with E-state index in [1.165, 1.54) is 12.7 Å². The highest BCUT2D eigenvalue weighted by molar-refractivity contribution is 6.31. The predicted octanol–water partition coefficient (Wildman–Crippen LogP) is 3.17. The van der Waals surface area contributed by atoms with Gasteiger partial charge < -0.3 is 4.74 Å². The van der Waals surface area contributed by atoms with E-state index in [9.17, 15) is 0 Å². The molecule has 2 aromatic carbocycles. The topological polar surface area (TPSA) is 96.4 Å². The zero-order valence-corrected chi connectivity index (χ0v) is 16.6. The molecule has 4 aromatic rings. The quantitative estimate of drug-likeness (QED) is 0.423. The second kappa shape index (κ2) is 9.08. The number of nitrogens with zero attached hydrogens (tertiary/aromatic N) is 8. The Bertz CT molecular complexity index is 958. The molecule has 29 heavy (non-hydrogen) atoms. The zero-order valence-electron chi connectivity index (χ0n) is 15.1. The first-order valence-electron chi connectivity index (χ1n) is 8.76. The van der Waals surface area contributed by atoms with Crippen molar-refractivity contribution < 1.29 is 4.74 Å². The molecule has 0 radical (unpaired) electrons. The molecule has 0 saturated heterocycles. The summed E-state index contributed by atoms with van der Waals surface area (Å²) < 4.78 is 9.71. The Labute approximate surface area is 176 Å². The molecule has 0 saturated carbocycles. The van der Waals surface area contributed by atoms with E-state index in [1.807, 2.05) is 48.5 Å². The van der Waals surface area contributed by atoms with Crippen molar-refractivity contribution in [1.82, 2.24) is 40.4 Å². The van der Waals surface area contributed by atoms with E-state index in [0.29, 0.717) is 23.1 Å². The van der Waals surface area contributed by atoms with Gasteiger partial charge in [-0.25, -0.2) is 9.36 Å². The maximum Gasteiger partial charge on any atom is 0.138 e. The SMILES string of the molecule is Clc1ccccc1[C@H](Cn1cnnn1)O[C@@H](Cn1cnnn1)c1ccccc1Cl. The number of ether oxygens (including phenoxy) is 1. The molecule has 4 rings (SSSR count). The molecule has 0 bridgehead atoms. The van der Waals surface area contributed by atoms with Crippen LogP contribution in [0.15, 0.2) is 61.2 Å². The van der Waals surface area contributed by atoms with E-state index in [1.54, 1.807) is 9.36 Å². The van der Waals surface area contributed by atoms with Gasteiger partial charge >= 0.3 is 0 Å². The van der Waals surface area contributed by atoms with Gasteiger partial charge in [-0.15, -0.1) is 10.2 Å². The van der Waals surface area contributed by atoms with E-state index >= 15 is 0 Å². The number of hydrogen-bond acceptors (Lipinski definition) is 7. The van der Waals surface area contributed by atoms with E-state index < -0.39 is 12.2 Å². The number of tetrazole rings is 2. The zero-order chi connectivity index (χ0) is 20.1. The standard InChI is InChI=1S/C18H16Cl2N8O/c19-15-7-3-1-5-13(15)17(9-27-11-21-23-25-27)29-18(10-28-12-22-24-26-28)14-6-2-4-8-16(14)20/h1-8,11-12,17-18H,9-10H2/t17-,18-/m0/s1. The van der Waals surface area contributed by atoms with Crippen molar-refractivity contribution in [3.05, 3.63) is 82.4 Å². The lowest BCUT2D eigenvalue weighted by atomic mass is 10.1. The lowest BCUT2D eigenvalue weighted by molar-refractivity contribution is -0.0360. The van der Waals surface area contributed by atoms with Crippen molar-refractivity contribution in [1.29, 1.82) is 0 Å². The summed E-state index contributed by atoms with van der Waals surface area (Å²) in [5.41, 5.74) is 1.64. The van der Waals surface area contributed by atoms with Gasteiger partial charge in [0.2, 0.25) is 0 Å². The maximum absolute atomic E-state index is 6.53. The Balaban J connectivity index is 1.69. The minimum atomic E-state index is -0.440. The average Bonchev–Trinajstić information content (AvgIpc) is 3.42. The van der Waals surface area contributed by atoms with Gasteiger partial charge in [-0.2, -0.15) is 0 Å². The predicted molar refractivity (Wildman–Crippen MR) is 105 cm³/mol. The summed E-state index contributed by atoms with van der Waals surface area (Å²) >= 11 is 12.9. The van der Waals surface area contributed by atoms with E-state index in [0.717, 1.165) is 11.1 Å². The summed E-state index contributed by atoms with van der Waals surface area (Å²) in [6.45, 7) is 0.737. The van der Waals surface area contributed by atoms with Crippen LogP contribution in [0, 0.1) is 0 Å². The van der Waals surface area contributed by atoms with Crippen molar-refractivity contribution in [3.8, 4) is 0 Å². The van der Waals surface area contributed by atoms with Crippen LogP contribution in [0.1, 0.15) is 23.3 Å². The fraction of sp³-hybridized carbons (Fsp3) is 0.222. The molecule has 0 aliphatic carbocycles. The van der Waals surface area contributed by atoms with E-state index in [-0.39, 0.29) is 0 Å². The van der Waals surface area contributed by atoms with E-state index in [2.05, 4.69) is 31.1 Å². The first-order valence-corrected chi connectivity index (χ1v) is 9.52. The van der Waals surface area contributed by atoms with Gasteiger partial charge in [0.25, 0.3) is 0 Å². The molecule has 0 aliphatic heterocycles. The Morgan fingerprint density at radius 3 is 1.55 bits per heavy atom. The summed E-state index contributed by atoms with van der Waals surface area (Å²) in [6, 6.07) is 15.0. The summed E-state index contributed by atoms with van der Waals surface area (Å²) in [4.78, 5) is 0. The molecule has 11 heteroatoms. The van der Waals surface area contributed by atoms with Crippen LogP contribution < -0.4 is 0 Å². The second-order valence-electron chi connectivity index (χ2n) is 6.22. The molecule has 0 N–H and O–H groups in total. The number of rotatable bonds is 8. The number of halogens is 2. The third kappa shape index (κ3) is 4.76. The maximum atomic E-state index is 6.53. The average molecular weight is 431 g/mol. The van der Waals surface area contributed by atoms with Crippen LogP contribution >= 0.6 is 23.2 Å². The number of aromatic nitrogens is 8. The third-order valence-corrected chi connectivity index (χ3v) is 5.01. The van der Waals surface area contributed by atoms with Gasteiger partial charge in [0.05, 0.1) is 13.1 Å². The van der Waals surface area contributed by atoms with Gasteiger partial charge in [-0.1, -0.05) is 59.6 Å². The smallest absolute Gasteiger partial charge is 0.138 e. The van der Waals surface area contributed by atoms with E-state index in [4.69, 9.17) is 27.9 Å². The molecule has 0 aliphatic rings. The summed E-state index contributed by atoms with van der Waals surface area (Å²) in [7, 11) is 0. The Morgan fingerprint density at radius 2 is 1.17 bits per heavy atom. The molecule has 2 atom stereocenters. The van der Waals surface area contributed by atoms with Crippen LogP contribution in [0.3, 0.4) is 0 Å². The lowest BCUT2D eigenvalue weighted by Gasteiger charge is -2.26. The highest BCUT2D eigenvalue weighted by Gasteiger charge is 2.25. The van der Waals surface area contributed by atoms with Gasteiger partial charge in [0.1, 0.15) is 24.9 Å². The number of hydrogen-bond donors (Lipinski definition) is 0.